The van der Waals surface area contributed by atoms with Crippen LogP contribution in [0.4, 0.5) is 5.69 Å². The third-order valence-electron chi connectivity index (χ3n) is 3.99. The van der Waals surface area contributed by atoms with Crippen LogP contribution in [-0.4, -0.2) is 31.0 Å². The second-order valence-corrected chi connectivity index (χ2v) is 7.72. The molecule has 0 fully saturated rings. The largest absolute Gasteiger partial charge is 0.495 e. The molecule has 0 aliphatic rings. The minimum atomic E-state index is -0.683. The van der Waals surface area contributed by atoms with Gasteiger partial charge in [0, 0.05) is 5.54 Å². The van der Waals surface area contributed by atoms with Crippen LogP contribution in [0.3, 0.4) is 0 Å². The highest BCUT2D eigenvalue weighted by molar-refractivity contribution is 5.97. The zero-order chi connectivity index (χ0) is 20.7. The van der Waals surface area contributed by atoms with Gasteiger partial charge in [0.2, 0.25) is 11.8 Å². The molecule has 0 bridgehead atoms. The van der Waals surface area contributed by atoms with Crippen LogP contribution < -0.4 is 20.7 Å². The molecule has 0 saturated heterocycles. The van der Waals surface area contributed by atoms with Crippen molar-refractivity contribution in [1.82, 2.24) is 10.6 Å². The number of anilines is 1. The minimum Gasteiger partial charge on any atom is -0.495 e. The van der Waals surface area contributed by atoms with Gasteiger partial charge in [-0.15, -0.1) is 0 Å². The Morgan fingerprint density at radius 3 is 2.36 bits per heavy atom. The van der Waals surface area contributed by atoms with Gasteiger partial charge in [-0.05, 0) is 51.0 Å². The predicted octanol–water partition coefficient (Wildman–Crippen LogP) is 3.19. The van der Waals surface area contributed by atoms with Crippen molar-refractivity contribution in [2.24, 2.45) is 0 Å². The predicted molar refractivity (Wildman–Crippen MR) is 111 cm³/mol. The van der Waals surface area contributed by atoms with E-state index in [1.54, 1.807) is 7.11 Å². The maximum Gasteiger partial charge on any atom is 0.246 e. The van der Waals surface area contributed by atoms with Crippen LogP contribution in [0.25, 0.3) is 0 Å². The molecule has 0 heterocycles. The summed E-state index contributed by atoms with van der Waals surface area (Å²) in [6.45, 7) is 7.71. The quantitative estimate of drug-likeness (QED) is 0.686. The van der Waals surface area contributed by atoms with Crippen LogP contribution >= 0.6 is 0 Å². The SMILES string of the molecule is COc1ccc(C)cc1NC(=O)[C@H](NCC(=O)NC(C)(C)C)c1ccccc1. The molecule has 2 aromatic rings. The van der Waals surface area contributed by atoms with Crippen LogP contribution in [-0.2, 0) is 9.59 Å². The van der Waals surface area contributed by atoms with Gasteiger partial charge < -0.3 is 15.4 Å². The van der Waals surface area contributed by atoms with Crippen LogP contribution in [0.15, 0.2) is 48.5 Å². The van der Waals surface area contributed by atoms with E-state index in [1.807, 2.05) is 76.2 Å². The molecule has 2 amide bonds. The van der Waals surface area contributed by atoms with Gasteiger partial charge in [-0.25, -0.2) is 0 Å². The van der Waals surface area contributed by atoms with Crippen molar-refractivity contribution in [3.63, 3.8) is 0 Å². The number of hydrogen-bond acceptors (Lipinski definition) is 4. The van der Waals surface area contributed by atoms with E-state index in [0.717, 1.165) is 11.1 Å². The molecule has 0 aromatic heterocycles. The van der Waals surface area contributed by atoms with E-state index in [2.05, 4.69) is 16.0 Å². The van der Waals surface area contributed by atoms with Crippen molar-refractivity contribution < 1.29 is 14.3 Å². The zero-order valence-electron chi connectivity index (χ0n) is 17.1. The van der Waals surface area contributed by atoms with E-state index in [4.69, 9.17) is 4.74 Å². The highest BCUT2D eigenvalue weighted by Crippen LogP contribution is 2.26. The van der Waals surface area contributed by atoms with E-state index in [9.17, 15) is 9.59 Å². The molecule has 0 radical (unpaired) electrons. The Hall–Kier alpha value is -2.86. The number of ether oxygens (including phenoxy) is 1. The second-order valence-electron chi connectivity index (χ2n) is 7.72. The van der Waals surface area contributed by atoms with Gasteiger partial charge in [0.25, 0.3) is 0 Å². The molecule has 3 N–H and O–H groups in total. The summed E-state index contributed by atoms with van der Waals surface area (Å²) in [5.74, 6) is 0.143. The third kappa shape index (κ3) is 6.39. The lowest BCUT2D eigenvalue weighted by Gasteiger charge is -2.23. The van der Waals surface area contributed by atoms with Crippen molar-refractivity contribution in [3.05, 3.63) is 59.7 Å². The van der Waals surface area contributed by atoms with E-state index in [0.29, 0.717) is 11.4 Å². The number of methoxy groups -OCH3 is 1. The summed E-state index contributed by atoms with van der Waals surface area (Å²) in [5.41, 5.74) is 2.03. The summed E-state index contributed by atoms with van der Waals surface area (Å²) >= 11 is 0. The summed E-state index contributed by atoms with van der Waals surface area (Å²) in [4.78, 5) is 25.2. The monoisotopic (exact) mass is 383 g/mol. The number of benzene rings is 2. The normalized spacial score (nSPS) is 12.2. The lowest BCUT2D eigenvalue weighted by atomic mass is 10.1. The number of carbonyl (C=O) groups is 2. The fourth-order valence-corrected chi connectivity index (χ4v) is 2.79. The highest BCUT2D eigenvalue weighted by atomic mass is 16.5. The fraction of sp³-hybridized carbons (Fsp3) is 0.364. The molecule has 2 aromatic carbocycles. The Morgan fingerprint density at radius 1 is 1.07 bits per heavy atom. The van der Waals surface area contributed by atoms with Gasteiger partial charge in [0.1, 0.15) is 11.8 Å². The summed E-state index contributed by atoms with van der Waals surface area (Å²) in [6, 6.07) is 14.2. The van der Waals surface area contributed by atoms with Crippen molar-refractivity contribution in [3.8, 4) is 5.75 Å². The van der Waals surface area contributed by atoms with Crippen LogP contribution in [0, 0.1) is 6.92 Å². The molecule has 0 spiro atoms. The van der Waals surface area contributed by atoms with E-state index >= 15 is 0 Å². The average molecular weight is 383 g/mol. The Kier molecular flexibility index (Phi) is 7.18. The van der Waals surface area contributed by atoms with Gasteiger partial charge in [-0.2, -0.15) is 0 Å². The maximum absolute atomic E-state index is 13.0. The van der Waals surface area contributed by atoms with Crippen LogP contribution in [0.2, 0.25) is 0 Å². The maximum atomic E-state index is 13.0. The van der Waals surface area contributed by atoms with E-state index in [-0.39, 0.29) is 23.9 Å². The lowest BCUT2D eigenvalue weighted by Crippen LogP contribution is -2.46. The average Bonchev–Trinajstić information content (AvgIpc) is 2.61. The zero-order valence-corrected chi connectivity index (χ0v) is 17.1. The molecule has 0 aliphatic carbocycles. The number of amides is 2. The lowest BCUT2D eigenvalue weighted by molar-refractivity contribution is -0.122. The first-order valence-electron chi connectivity index (χ1n) is 9.24. The molecular formula is C22H29N3O3. The number of rotatable bonds is 7. The second kappa shape index (κ2) is 9.37. The molecule has 2 rings (SSSR count). The molecule has 0 unspecified atom stereocenters. The molecule has 1 atom stereocenters. The molecule has 28 heavy (non-hydrogen) atoms. The molecule has 6 heteroatoms. The molecule has 150 valence electrons. The van der Waals surface area contributed by atoms with E-state index < -0.39 is 6.04 Å². The van der Waals surface area contributed by atoms with Crippen molar-refractivity contribution >= 4 is 17.5 Å². The molecule has 0 saturated carbocycles. The first kappa shape index (κ1) is 21.4. The number of aryl methyl sites for hydroxylation is 1. The first-order chi connectivity index (χ1) is 13.2. The Morgan fingerprint density at radius 2 is 1.75 bits per heavy atom. The van der Waals surface area contributed by atoms with Gasteiger partial charge in [-0.3, -0.25) is 14.9 Å². The first-order valence-corrected chi connectivity index (χ1v) is 9.24. The smallest absolute Gasteiger partial charge is 0.246 e. The van der Waals surface area contributed by atoms with Gasteiger partial charge in [0.15, 0.2) is 0 Å². The van der Waals surface area contributed by atoms with Gasteiger partial charge >= 0.3 is 0 Å². The summed E-state index contributed by atoms with van der Waals surface area (Å²) in [5, 5.41) is 8.87. The highest BCUT2D eigenvalue weighted by Gasteiger charge is 2.23. The summed E-state index contributed by atoms with van der Waals surface area (Å²) in [6.07, 6.45) is 0. The standard InChI is InChI=1S/C22H29N3O3/c1-15-11-12-18(28-5)17(13-15)24-21(27)20(16-9-7-6-8-10-16)23-14-19(26)25-22(2,3)4/h6-13,20,23H,14H2,1-5H3,(H,24,27)(H,25,26)/t20-/m1/s1. The van der Waals surface area contributed by atoms with Crippen molar-refractivity contribution in [2.45, 2.75) is 39.3 Å². The molecule has 6 nitrogen and oxygen atoms in total. The topological polar surface area (TPSA) is 79.5 Å². The van der Waals surface area contributed by atoms with E-state index in [1.165, 1.54) is 0 Å². The van der Waals surface area contributed by atoms with Gasteiger partial charge in [-0.1, -0.05) is 36.4 Å². The van der Waals surface area contributed by atoms with Gasteiger partial charge in [0.05, 0.1) is 19.3 Å². The number of carbonyl (C=O) groups excluding carboxylic acids is 2. The summed E-state index contributed by atoms with van der Waals surface area (Å²) in [7, 11) is 1.56. The molecule has 0 aliphatic heterocycles. The third-order valence-corrected chi connectivity index (χ3v) is 3.99. The molecular weight excluding hydrogens is 354 g/mol. The Bertz CT molecular complexity index is 814. The van der Waals surface area contributed by atoms with Crippen LogP contribution in [0.1, 0.15) is 37.9 Å². The number of nitrogens with one attached hydrogen (secondary N) is 3. The number of hydrogen-bond donors (Lipinski definition) is 3. The van der Waals surface area contributed by atoms with Crippen molar-refractivity contribution in [2.75, 3.05) is 19.0 Å². The fourth-order valence-electron chi connectivity index (χ4n) is 2.79. The Balaban J connectivity index is 2.19. The minimum absolute atomic E-state index is 0.0230. The summed E-state index contributed by atoms with van der Waals surface area (Å²) < 4.78 is 5.34. The Labute approximate surface area is 166 Å². The van der Waals surface area contributed by atoms with Crippen LogP contribution in [0.5, 0.6) is 5.75 Å². The van der Waals surface area contributed by atoms with Crippen molar-refractivity contribution in [1.29, 1.82) is 0 Å².